The number of primary amides is 1. The molecule has 6 heteroatoms. The molecule has 1 saturated heterocycles. The summed E-state index contributed by atoms with van der Waals surface area (Å²) in [4.78, 5) is 29.1. The Labute approximate surface area is 124 Å². The molecule has 0 spiro atoms. The lowest BCUT2D eigenvalue weighted by Crippen LogP contribution is -2.39. The number of nitrogens with one attached hydrogen (secondary N) is 1. The molecule has 2 rings (SSSR count). The van der Waals surface area contributed by atoms with Crippen molar-refractivity contribution in [3.63, 3.8) is 0 Å². The second kappa shape index (κ2) is 7.17. The van der Waals surface area contributed by atoms with E-state index in [4.69, 9.17) is 5.73 Å². The maximum absolute atomic E-state index is 12.4. The van der Waals surface area contributed by atoms with Crippen LogP contribution in [0.3, 0.4) is 0 Å². The number of hydrogen-bond donors (Lipinski definition) is 2. The monoisotopic (exact) mass is 290 g/mol. The van der Waals surface area contributed by atoms with Crippen LogP contribution in [0.4, 0.5) is 0 Å². The highest BCUT2D eigenvalue weighted by molar-refractivity contribution is 5.95. The third kappa shape index (κ3) is 4.01. The highest BCUT2D eigenvalue weighted by Gasteiger charge is 2.23. The summed E-state index contributed by atoms with van der Waals surface area (Å²) >= 11 is 0. The van der Waals surface area contributed by atoms with E-state index < -0.39 is 5.91 Å². The number of pyridine rings is 1. The van der Waals surface area contributed by atoms with E-state index in [1.807, 2.05) is 11.9 Å². The molecule has 6 nitrogen and oxygen atoms in total. The lowest BCUT2D eigenvalue weighted by Gasteiger charge is -2.32. The molecular weight excluding hydrogens is 268 g/mol. The minimum absolute atomic E-state index is 0.0226. The Balaban J connectivity index is 1.91. The molecule has 2 heterocycles. The number of carbonyl (C=O) groups is 2. The molecule has 0 saturated carbocycles. The van der Waals surface area contributed by atoms with E-state index in [1.165, 1.54) is 12.3 Å². The Bertz CT molecular complexity index is 493. The first-order valence-electron chi connectivity index (χ1n) is 7.31. The van der Waals surface area contributed by atoms with Crippen molar-refractivity contribution in [2.45, 2.75) is 19.3 Å². The second-order valence-corrected chi connectivity index (χ2v) is 5.42. The summed E-state index contributed by atoms with van der Waals surface area (Å²) in [5.41, 5.74) is 5.82. The largest absolute Gasteiger partial charge is 0.364 e. The van der Waals surface area contributed by atoms with Gasteiger partial charge >= 0.3 is 0 Å². The predicted octanol–water partition coefficient (Wildman–Crippen LogP) is 0.642. The van der Waals surface area contributed by atoms with E-state index in [0.29, 0.717) is 11.5 Å². The van der Waals surface area contributed by atoms with E-state index in [1.54, 1.807) is 6.07 Å². The van der Waals surface area contributed by atoms with Crippen LogP contribution in [0.15, 0.2) is 18.3 Å². The summed E-state index contributed by atoms with van der Waals surface area (Å²) in [6.07, 6.45) is 4.67. The van der Waals surface area contributed by atoms with Gasteiger partial charge in [0, 0.05) is 19.3 Å². The van der Waals surface area contributed by atoms with Gasteiger partial charge in [0.05, 0.1) is 5.56 Å². The zero-order chi connectivity index (χ0) is 15.2. The molecule has 1 aliphatic rings. The van der Waals surface area contributed by atoms with Gasteiger partial charge in [0.2, 0.25) is 0 Å². The van der Waals surface area contributed by atoms with Crippen LogP contribution in [0.1, 0.15) is 40.1 Å². The first-order chi connectivity index (χ1) is 10.1. The fraction of sp³-hybridized carbons (Fsp3) is 0.533. The Hall–Kier alpha value is -1.95. The van der Waals surface area contributed by atoms with Crippen LogP contribution in [0.2, 0.25) is 0 Å². The smallest absolute Gasteiger partial charge is 0.267 e. The van der Waals surface area contributed by atoms with Crippen LogP contribution < -0.4 is 11.1 Å². The Kier molecular flexibility index (Phi) is 5.27. The molecule has 1 aromatic rings. The summed E-state index contributed by atoms with van der Waals surface area (Å²) < 4.78 is 0. The third-order valence-electron chi connectivity index (χ3n) is 3.97. The number of hydrogen-bond acceptors (Lipinski definition) is 4. The zero-order valence-electron chi connectivity index (χ0n) is 12.3. The van der Waals surface area contributed by atoms with Crippen molar-refractivity contribution >= 4 is 11.8 Å². The number of carbonyl (C=O) groups excluding carboxylic acids is 2. The first-order valence-corrected chi connectivity index (χ1v) is 7.31. The summed E-state index contributed by atoms with van der Waals surface area (Å²) in [5, 5.41) is 3.16. The Morgan fingerprint density at radius 1 is 1.38 bits per heavy atom. The van der Waals surface area contributed by atoms with Crippen molar-refractivity contribution < 1.29 is 9.59 Å². The van der Waals surface area contributed by atoms with Crippen LogP contribution in [0.25, 0.3) is 0 Å². The van der Waals surface area contributed by atoms with Gasteiger partial charge in [-0.1, -0.05) is 0 Å². The molecule has 2 amide bonds. The van der Waals surface area contributed by atoms with Gasteiger partial charge in [-0.25, -0.2) is 0 Å². The number of likely N-dealkylation sites (tertiary alicyclic amines) is 1. The fourth-order valence-electron chi connectivity index (χ4n) is 2.62. The standard InChI is InChI=1S/C15H22N4O2/c1-17-7-4-11-5-8-19(9-6-11)15(21)12-2-3-13(14(16)20)18-10-12/h2-3,10-11,17H,4-9H2,1H3,(H2,16,20). The number of amides is 2. The lowest BCUT2D eigenvalue weighted by atomic mass is 9.93. The van der Waals surface area contributed by atoms with Gasteiger partial charge < -0.3 is 16.0 Å². The SMILES string of the molecule is CNCCC1CCN(C(=O)c2ccc(C(N)=O)nc2)CC1. The maximum atomic E-state index is 12.4. The fourth-order valence-corrected chi connectivity index (χ4v) is 2.62. The molecular formula is C15H22N4O2. The van der Waals surface area contributed by atoms with Gasteiger partial charge in [-0.3, -0.25) is 14.6 Å². The molecule has 3 N–H and O–H groups in total. The van der Waals surface area contributed by atoms with E-state index in [2.05, 4.69) is 10.3 Å². The van der Waals surface area contributed by atoms with Crippen molar-refractivity contribution in [1.82, 2.24) is 15.2 Å². The molecule has 0 bridgehead atoms. The summed E-state index contributed by atoms with van der Waals surface area (Å²) in [6, 6.07) is 3.11. The van der Waals surface area contributed by atoms with Gasteiger partial charge in [0.25, 0.3) is 11.8 Å². The molecule has 0 radical (unpaired) electrons. The average molecular weight is 290 g/mol. The quantitative estimate of drug-likeness (QED) is 0.833. The van der Waals surface area contributed by atoms with E-state index in [-0.39, 0.29) is 11.6 Å². The van der Waals surface area contributed by atoms with Crippen LogP contribution in [0, 0.1) is 5.92 Å². The van der Waals surface area contributed by atoms with E-state index in [0.717, 1.165) is 38.9 Å². The van der Waals surface area contributed by atoms with Gasteiger partial charge in [-0.2, -0.15) is 0 Å². The van der Waals surface area contributed by atoms with Crippen LogP contribution in [-0.2, 0) is 0 Å². The van der Waals surface area contributed by atoms with Gasteiger partial charge in [0.15, 0.2) is 0 Å². The Morgan fingerprint density at radius 2 is 2.10 bits per heavy atom. The minimum Gasteiger partial charge on any atom is -0.364 e. The van der Waals surface area contributed by atoms with Gasteiger partial charge in [0.1, 0.15) is 5.69 Å². The third-order valence-corrected chi connectivity index (χ3v) is 3.97. The molecule has 0 unspecified atom stereocenters. The molecule has 1 fully saturated rings. The molecule has 0 aliphatic carbocycles. The molecule has 1 aliphatic heterocycles. The number of nitrogens with two attached hydrogens (primary N) is 1. The predicted molar refractivity (Wildman–Crippen MR) is 79.9 cm³/mol. The van der Waals surface area contributed by atoms with Gasteiger partial charge in [-0.05, 0) is 50.9 Å². The number of nitrogens with zero attached hydrogens (tertiary/aromatic N) is 2. The van der Waals surface area contributed by atoms with Crippen LogP contribution in [0.5, 0.6) is 0 Å². The average Bonchev–Trinajstić information content (AvgIpc) is 2.53. The highest BCUT2D eigenvalue weighted by atomic mass is 16.2. The zero-order valence-corrected chi connectivity index (χ0v) is 12.3. The maximum Gasteiger partial charge on any atom is 0.267 e. The minimum atomic E-state index is -0.584. The summed E-state index contributed by atoms with van der Waals surface area (Å²) in [5.74, 6) is 0.0850. The van der Waals surface area contributed by atoms with Crippen LogP contribution in [-0.4, -0.2) is 48.4 Å². The molecule has 21 heavy (non-hydrogen) atoms. The molecule has 1 aromatic heterocycles. The Morgan fingerprint density at radius 3 is 2.62 bits per heavy atom. The van der Waals surface area contributed by atoms with E-state index >= 15 is 0 Å². The molecule has 0 aromatic carbocycles. The number of rotatable bonds is 5. The number of piperidine rings is 1. The van der Waals surface area contributed by atoms with Crippen molar-refractivity contribution in [3.8, 4) is 0 Å². The molecule has 0 atom stereocenters. The topological polar surface area (TPSA) is 88.3 Å². The molecule has 114 valence electrons. The number of aromatic nitrogens is 1. The van der Waals surface area contributed by atoms with E-state index in [9.17, 15) is 9.59 Å². The summed E-state index contributed by atoms with van der Waals surface area (Å²) in [6.45, 7) is 2.59. The summed E-state index contributed by atoms with van der Waals surface area (Å²) in [7, 11) is 1.96. The van der Waals surface area contributed by atoms with Crippen molar-refractivity contribution in [3.05, 3.63) is 29.6 Å². The second-order valence-electron chi connectivity index (χ2n) is 5.42. The van der Waals surface area contributed by atoms with Crippen molar-refractivity contribution in [2.24, 2.45) is 11.7 Å². The van der Waals surface area contributed by atoms with Crippen molar-refractivity contribution in [1.29, 1.82) is 0 Å². The van der Waals surface area contributed by atoms with Crippen LogP contribution >= 0.6 is 0 Å². The lowest BCUT2D eigenvalue weighted by molar-refractivity contribution is 0.0686. The van der Waals surface area contributed by atoms with Crippen molar-refractivity contribution in [2.75, 3.05) is 26.7 Å². The first kappa shape index (κ1) is 15.4. The highest BCUT2D eigenvalue weighted by Crippen LogP contribution is 2.21. The van der Waals surface area contributed by atoms with Gasteiger partial charge in [-0.15, -0.1) is 0 Å². The normalized spacial score (nSPS) is 16.0.